The molecule has 1 unspecified atom stereocenters. The molecule has 0 aliphatic heterocycles. The lowest BCUT2D eigenvalue weighted by Crippen LogP contribution is -2.40. The van der Waals surface area contributed by atoms with Crippen molar-refractivity contribution < 1.29 is 19.4 Å². The summed E-state index contributed by atoms with van der Waals surface area (Å²) in [5, 5.41) is 12.7. The van der Waals surface area contributed by atoms with E-state index in [1.807, 2.05) is 31.2 Å². The quantitative estimate of drug-likeness (QED) is 0.753. The number of aliphatic hydroxyl groups is 1. The Labute approximate surface area is 125 Å². The number of anilines is 1. The number of esters is 1. The maximum absolute atomic E-state index is 12.0. The molecule has 0 spiro atoms. The minimum absolute atomic E-state index is 0.129. The van der Waals surface area contributed by atoms with Crippen LogP contribution in [0, 0.1) is 6.92 Å². The molecule has 0 heterocycles. The van der Waals surface area contributed by atoms with Gasteiger partial charge >= 0.3 is 5.97 Å². The second-order valence-electron chi connectivity index (χ2n) is 5.50. The van der Waals surface area contributed by atoms with Crippen LogP contribution in [0.5, 0.6) is 0 Å². The van der Waals surface area contributed by atoms with Gasteiger partial charge in [0.1, 0.15) is 11.6 Å². The molecule has 0 fully saturated rings. The van der Waals surface area contributed by atoms with Crippen LogP contribution in [0.1, 0.15) is 32.8 Å². The van der Waals surface area contributed by atoms with Crippen LogP contribution in [-0.4, -0.2) is 35.1 Å². The molecule has 1 aromatic carbocycles. The second kappa shape index (κ2) is 7.22. The number of rotatable bonds is 7. The third kappa shape index (κ3) is 5.55. The van der Waals surface area contributed by atoms with Crippen LogP contribution in [0.15, 0.2) is 24.3 Å². The van der Waals surface area contributed by atoms with Gasteiger partial charge < -0.3 is 15.2 Å². The van der Waals surface area contributed by atoms with Gasteiger partial charge in [0.15, 0.2) is 5.78 Å². The summed E-state index contributed by atoms with van der Waals surface area (Å²) < 4.78 is 4.98. The fourth-order valence-electron chi connectivity index (χ4n) is 1.72. The first-order chi connectivity index (χ1) is 9.74. The number of nitrogens with one attached hydrogen (secondary N) is 1. The van der Waals surface area contributed by atoms with Crippen molar-refractivity contribution in [2.24, 2.45) is 0 Å². The van der Waals surface area contributed by atoms with Gasteiger partial charge in [0.05, 0.1) is 6.61 Å². The SMILES string of the molecule is CCOC(=O)C(CC(=O)C(C)(C)O)Nc1ccc(C)cc1. The number of carbonyl (C=O) groups excluding carboxylic acids is 2. The second-order valence-corrected chi connectivity index (χ2v) is 5.50. The highest BCUT2D eigenvalue weighted by atomic mass is 16.5. The van der Waals surface area contributed by atoms with E-state index in [1.165, 1.54) is 13.8 Å². The monoisotopic (exact) mass is 293 g/mol. The molecule has 116 valence electrons. The summed E-state index contributed by atoms with van der Waals surface area (Å²) in [6.07, 6.45) is -0.129. The summed E-state index contributed by atoms with van der Waals surface area (Å²) in [7, 11) is 0. The number of Topliss-reactive ketones (excluding diaryl/α,β-unsaturated/α-hetero) is 1. The Balaban J connectivity index is 2.84. The van der Waals surface area contributed by atoms with Crippen LogP contribution < -0.4 is 5.32 Å². The maximum Gasteiger partial charge on any atom is 0.329 e. The van der Waals surface area contributed by atoms with Crippen molar-refractivity contribution in [3.63, 3.8) is 0 Å². The zero-order valence-electron chi connectivity index (χ0n) is 13.0. The van der Waals surface area contributed by atoms with Gasteiger partial charge in [-0.15, -0.1) is 0 Å². The van der Waals surface area contributed by atoms with Gasteiger partial charge in [0.2, 0.25) is 0 Å². The first-order valence-corrected chi connectivity index (χ1v) is 6.99. The van der Waals surface area contributed by atoms with E-state index >= 15 is 0 Å². The molecule has 0 amide bonds. The van der Waals surface area contributed by atoms with Crippen molar-refractivity contribution in [1.29, 1.82) is 0 Å². The molecule has 0 bridgehead atoms. The number of benzene rings is 1. The highest BCUT2D eigenvalue weighted by Crippen LogP contribution is 2.15. The van der Waals surface area contributed by atoms with Gasteiger partial charge in [-0.25, -0.2) is 4.79 Å². The average Bonchev–Trinajstić information content (AvgIpc) is 2.39. The van der Waals surface area contributed by atoms with E-state index in [-0.39, 0.29) is 13.0 Å². The predicted octanol–water partition coefficient (Wildman–Crippen LogP) is 2.07. The maximum atomic E-state index is 12.0. The zero-order valence-corrected chi connectivity index (χ0v) is 13.0. The summed E-state index contributed by atoms with van der Waals surface area (Å²) in [6.45, 7) is 6.72. The molecule has 1 rings (SSSR count). The summed E-state index contributed by atoms with van der Waals surface area (Å²) >= 11 is 0. The Hall–Kier alpha value is -1.88. The van der Waals surface area contributed by atoms with Crippen LogP contribution >= 0.6 is 0 Å². The Morgan fingerprint density at radius 3 is 2.33 bits per heavy atom. The van der Waals surface area contributed by atoms with E-state index in [9.17, 15) is 14.7 Å². The minimum atomic E-state index is -1.47. The summed E-state index contributed by atoms with van der Waals surface area (Å²) in [6, 6.07) is 6.66. The van der Waals surface area contributed by atoms with E-state index in [0.717, 1.165) is 11.3 Å². The van der Waals surface area contributed by atoms with Crippen LogP contribution in [0.25, 0.3) is 0 Å². The standard InChI is InChI=1S/C16H23NO4/c1-5-21-15(19)13(10-14(18)16(3,4)20)17-12-8-6-11(2)7-9-12/h6-9,13,17,20H,5,10H2,1-4H3. The lowest BCUT2D eigenvalue weighted by Gasteiger charge is -2.22. The third-order valence-electron chi connectivity index (χ3n) is 3.04. The molecule has 0 radical (unpaired) electrons. The molecule has 5 heteroatoms. The Bertz CT molecular complexity index is 488. The van der Waals surface area contributed by atoms with E-state index < -0.39 is 23.4 Å². The van der Waals surface area contributed by atoms with Gasteiger partial charge in [0, 0.05) is 12.1 Å². The highest BCUT2D eigenvalue weighted by molar-refractivity contribution is 5.92. The summed E-state index contributed by atoms with van der Waals surface area (Å²) in [4.78, 5) is 23.9. The van der Waals surface area contributed by atoms with E-state index in [4.69, 9.17) is 4.74 Å². The molecule has 1 aromatic rings. The smallest absolute Gasteiger partial charge is 0.329 e. The Kier molecular flexibility index (Phi) is 5.90. The number of aryl methyl sites for hydroxylation is 1. The molecule has 0 aromatic heterocycles. The highest BCUT2D eigenvalue weighted by Gasteiger charge is 2.30. The molecule has 0 saturated heterocycles. The number of hydrogen-bond acceptors (Lipinski definition) is 5. The van der Waals surface area contributed by atoms with Crippen molar-refractivity contribution in [2.75, 3.05) is 11.9 Å². The lowest BCUT2D eigenvalue weighted by atomic mass is 9.97. The lowest BCUT2D eigenvalue weighted by molar-refractivity contribution is -0.147. The zero-order chi connectivity index (χ0) is 16.0. The topological polar surface area (TPSA) is 75.6 Å². The number of carbonyl (C=O) groups is 2. The van der Waals surface area contributed by atoms with Crippen molar-refractivity contribution in [1.82, 2.24) is 0 Å². The molecule has 1 atom stereocenters. The minimum Gasteiger partial charge on any atom is -0.464 e. The summed E-state index contributed by atoms with van der Waals surface area (Å²) in [5.74, 6) is -0.921. The molecule has 0 saturated carbocycles. The Morgan fingerprint density at radius 2 is 1.86 bits per heavy atom. The normalized spacial score (nSPS) is 12.6. The first kappa shape index (κ1) is 17.2. The summed E-state index contributed by atoms with van der Waals surface area (Å²) in [5.41, 5.74) is 0.350. The first-order valence-electron chi connectivity index (χ1n) is 6.99. The third-order valence-corrected chi connectivity index (χ3v) is 3.04. The number of ketones is 1. The molecular formula is C16H23NO4. The van der Waals surface area contributed by atoms with Gasteiger partial charge in [-0.2, -0.15) is 0 Å². The van der Waals surface area contributed by atoms with Crippen LogP contribution in [0.3, 0.4) is 0 Å². The fraction of sp³-hybridized carbons (Fsp3) is 0.500. The van der Waals surface area contributed by atoms with Crippen molar-refractivity contribution >= 4 is 17.4 Å². The van der Waals surface area contributed by atoms with Gasteiger partial charge in [-0.1, -0.05) is 17.7 Å². The van der Waals surface area contributed by atoms with Crippen LogP contribution in [0.2, 0.25) is 0 Å². The van der Waals surface area contributed by atoms with Crippen LogP contribution in [-0.2, 0) is 14.3 Å². The van der Waals surface area contributed by atoms with Crippen molar-refractivity contribution in [3.05, 3.63) is 29.8 Å². The van der Waals surface area contributed by atoms with E-state index in [0.29, 0.717) is 0 Å². The number of hydrogen-bond donors (Lipinski definition) is 2. The van der Waals surface area contributed by atoms with Gasteiger partial charge in [-0.05, 0) is 39.8 Å². The molecule has 0 aliphatic rings. The van der Waals surface area contributed by atoms with Crippen molar-refractivity contribution in [2.45, 2.75) is 45.8 Å². The van der Waals surface area contributed by atoms with Gasteiger partial charge in [0.25, 0.3) is 0 Å². The Morgan fingerprint density at radius 1 is 1.29 bits per heavy atom. The van der Waals surface area contributed by atoms with Gasteiger partial charge in [-0.3, -0.25) is 4.79 Å². The molecule has 5 nitrogen and oxygen atoms in total. The average molecular weight is 293 g/mol. The fourth-order valence-corrected chi connectivity index (χ4v) is 1.72. The molecular weight excluding hydrogens is 270 g/mol. The predicted molar refractivity (Wildman–Crippen MR) is 81.1 cm³/mol. The molecule has 2 N–H and O–H groups in total. The molecule has 21 heavy (non-hydrogen) atoms. The van der Waals surface area contributed by atoms with E-state index in [1.54, 1.807) is 6.92 Å². The number of ether oxygens (including phenoxy) is 1. The van der Waals surface area contributed by atoms with Crippen molar-refractivity contribution in [3.8, 4) is 0 Å². The van der Waals surface area contributed by atoms with Crippen LogP contribution in [0.4, 0.5) is 5.69 Å². The largest absolute Gasteiger partial charge is 0.464 e. The molecule has 0 aliphatic carbocycles. The van der Waals surface area contributed by atoms with E-state index in [2.05, 4.69) is 5.32 Å².